The molecule has 2 unspecified atom stereocenters. The first-order valence-electron chi connectivity index (χ1n) is 8.83. The third-order valence-corrected chi connectivity index (χ3v) is 4.89. The zero-order valence-corrected chi connectivity index (χ0v) is 16.3. The zero-order chi connectivity index (χ0) is 19.6. The van der Waals surface area contributed by atoms with Crippen molar-refractivity contribution in [2.75, 3.05) is 17.4 Å². The van der Waals surface area contributed by atoms with Crippen molar-refractivity contribution in [1.82, 2.24) is 10.3 Å². The van der Waals surface area contributed by atoms with Gasteiger partial charge in [0.25, 0.3) is 5.91 Å². The summed E-state index contributed by atoms with van der Waals surface area (Å²) in [5.41, 5.74) is 1.38. The number of nitrogens with one attached hydrogen (secondary N) is 2. The molecule has 0 aliphatic carbocycles. The molecule has 3 amide bonds. The third kappa shape index (κ3) is 4.07. The van der Waals surface area contributed by atoms with Gasteiger partial charge in [-0.05, 0) is 42.3 Å². The Morgan fingerprint density at radius 2 is 1.70 bits per heavy atom. The second-order valence-electron chi connectivity index (χ2n) is 6.88. The molecule has 2 N–H and O–H groups in total. The molecule has 2 atom stereocenters. The fourth-order valence-corrected chi connectivity index (χ4v) is 3.59. The first-order valence-corrected chi connectivity index (χ1v) is 9.21. The summed E-state index contributed by atoms with van der Waals surface area (Å²) in [6, 6.07) is 15.0. The standard InChI is InChI=1S/C20H23ClN4O2/c1-13(2)18-17(23-20(27)22-15-11-9-14(21)10-12-15)19(26)25(24(18)3)16-7-5-4-6-8-16/h4-13,17-18H,1-3H3,(H2,22,23,27). The molecule has 0 spiro atoms. The van der Waals surface area contributed by atoms with Gasteiger partial charge in [0.2, 0.25) is 0 Å². The zero-order valence-electron chi connectivity index (χ0n) is 15.5. The highest BCUT2D eigenvalue weighted by molar-refractivity contribution is 6.30. The van der Waals surface area contributed by atoms with E-state index >= 15 is 0 Å². The van der Waals surface area contributed by atoms with Gasteiger partial charge in [-0.1, -0.05) is 43.6 Å². The summed E-state index contributed by atoms with van der Waals surface area (Å²) in [4.78, 5) is 25.6. The Labute approximate surface area is 164 Å². The number of hydrogen-bond donors (Lipinski definition) is 2. The molecular formula is C20H23ClN4O2. The predicted octanol–water partition coefficient (Wildman–Crippen LogP) is 3.75. The minimum absolute atomic E-state index is 0.159. The average Bonchev–Trinajstić information content (AvgIpc) is 2.88. The number of halogens is 1. The second-order valence-corrected chi connectivity index (χ2v) is 7.31. The molecule has 142 valence electrons. The Kier molecular flexibility index (Phi) is 5.68. The normalized spacial score (nSPS) is 20.2. The highest BCUT2D eigenvalue weighted by Crippen LogP contribution is 2.29. The molecule has 27 heavy (non-hydrogen) atoms. The van der Waals surface area contributed by atoms with E-state index in [1.165, 1.54) is 0 Å². The van der Waals surface area contributed by atoms with Gasteiger partial charge in [-0.25, -0.2) is 14.8 Å². The van der Waals surface area contributed by atoms with Gasteiger partial charge in [-0.2, -0.15) is 0 Å². The topological polar surface area (TPSA) is 64.7 Å². The molecule has 1 fully saturated rings. The lowest BCUT2D eigenvalue weighted by Gasteiger charge is -2.30. The summed E-state index contributed by atoms with van der Waals surface area (Å²) >= 11 is 5.87. The van der Waals surface area contributed by atoms with E-state index in [2.05, 4.69) is 10.6 Å². The van der Waals surface area contributed by atoms with E-state index in [1.54, 1.807) is 29.3 Å². The van der Waals surface area contributed by atoms with Crippen molar-refractivity contribution in [3.8, 4) is 0 Å². The molecule has 0 bridgehead atoms. The summed E-state index contributed by atoms with van der Waals surface area (Å²) in [5, 5.41) is 9.70. The van der Waals surface area contributed by atoms with Crippen molar-refractivity contribution in [3.05, 3.63) is 59.6 Å². The van der Waals surface area contributed by atoms with Crippen LogP contribution in [0.4, 0.5) is 16.2 Å². The first-order chi connectivity index (χ1) is 12.9. The van der Waals surface area contributed by atoms with Crippen LogP contribution in [0.25, 0.3) is 0 Å². The Morgan fingerprint density at radius 1 is 1.07 bits per heavy atom. The molecule has 0 saturated carbocycles. The smallest absolute Gasteiger partial charge is 0.319 e. The van der Waals surface area contributed by atoms with Crippen molar-refractivity contribution in [2.45, 2.75) is 25.9 Å². The van der Waals surface area contributed by atoms with E-state index in [9.17, 15) is 9.59 Å². The Morgan fingerprint density at radius 3 is 2.30 bits per heavy atom. The summed E-state index contributed by atoms with van der Waals surface area (Å²) in [5.74, 6) is 0.00199. The summed E-state index contributed by atoms with van der Waals surface area (Å²) < 4.78 is 0. The molecule has 1 aliphatic heterocycles. The van der Waals surface area contributed by atoms with Crippen LogP contribution in [-0.2, 0) is 4.79 Å². The van der Waals surface area contributed by atoms with Gasteiger partial charge in [0.15, 0.2) is 0 Å². The average molecular weight is 387 g/mol. The Bertz CT molecular complexity index is 810. The molecule has 3 rings (SSSR count). The maximum atomic E-state index is 13.1. The fourth-order valence-electron chi connectivity index (χ4n) is 3.47. The number of hydrogen-bond acceptors (Lipinski definition) is 3. The van der Waals surface area contributed by atoms with Gasteiger partial charge >= 0.3 is 6.03 Å². The molecule has 1 saturated heterocycles. The highest BCUT2D eigenvalue weighted by atomic mass is 35.5. The number of carbonyl (C=O) groups excluding carboxylic acids is 2. The molecule has 1 heterocycles. The number of anilines is 2. The molecule has 0 aromatic heterocycles. The van der Waals surface area contributed by atoms with E-state index in [0.717, 1.165) is 5.69 Å². The Balaban J connectivity index is 1.78. The van der Waals surface area contributed by atoms with Gasteiger partial charge in [-0.15, -0.1) is 0 Å². The molecule has 2 aromatic carbocycles. The lowest BCUT2D eigenvalue weighted by Crippen LogP contribution is -2.50. The largest absolute Gasteiger partial charge is 0.324 e. The van der Waals surface area contributed by atoms with Crippen LogP contribution in [0.1, 0.15) is 13.8 Å². The number of amides is 3. The van der Waals surface area contributed by atoms with Gasteiger partial charge in [-0.3, -0.25) is 4.79 Å². The lowest BCUT2D eigenvalue weighted by atomic mass is 9.97. The molecule has 7 heteroatoms. The first kappa shape index (κ1) is 19.2. The predicted molar refractivity (Wildman–Crippen MR) is 108 cm³/mol. The molecule has 2 aromatic rings. The minimum Gasteiger partial charge on any atom is -0.324 e. The molecule has 0 radical (unpaired) electrons. The quantitative estimate of drug-likeness (QED) is 0.841. The fraction of sp³-hybridized carbons (Fsp3) is 0.300. The monoisotopic (exact) mass is 386 g/mol. The van der Waals surface area contributed by atoms with Crippen molar-refractivity contribution in [2.24, 2.45) is 5.92 Å². The molecule has 1 aliphatic rings. The van der Waals surface area contributed by atoms with Crippen molar-refractivity contribution in [3.63, 3.8) is 0 Å². The van der Waals surface area contributed by atoms with Crippen LogP contribution in [0.3, 0.4) is 0 Å². The van der Waals surface area contributed by atoms with Gasteiger partial charge < -0.3 is 10.6 Å². The number of para-hydroxylation sites is 1. The van der Waals surface area contributed by atoms with Crippen LogP contribution < -0.4 is 15.6 Å². The number of rotatable bonds is 4. The summed E-state index contributed by atoms with van der Waals surface area (Å²) in [7, 11) is 1.87. The van der Waals surface area contributed by atoms with Crippen LogP contribution in [0.2, 0.25) is 5.02 Å². The minimum atomic E-state index is -0.650. The van der Waals surface area contributed by atoms with Crippen LogP contribution >= 0.6 is 11.6 Å². The summed E-state index contributed by atoms with van der Waals surface area (Å²) in [6.45, 7) is 4.07. The van der Waals surface area contributed by atoms with E-state index in [0.29, 0.717) is 10.7 Å². The van der Waals surface area contributed by atoms with Crippen molar-refractivity contribution >= 4 is 34.9 Å². The number of carbonyl (C=O) groups is 2. The van der Waals surface area contributed by atoms with Gasteiger partial charge in [0.1, 0.15) is 6.04 Å². The number of urea groups is 1. The van der Waals surface area contributed by atoms with Crippen LogP contribution in [-0.4, -0.2) is 36.1 Å². The van der Waals surface area contributed by atoms with Crippen LogP contribution in [0.15, 0.2) is 54.6 Å². The lowest BCUT2D eigenvalue weighted by molar-refractivity contribution is -0.119. The van der Waals surface area contributed by atoms with E-state index in [-0.39, 0.29) is 17.9 Å². The van der Waals surface area contributed by atoms with Crippen LogP contribution in [0, 0.1) is 5.92 Å². The van der Waals surface area contributed by atoms with E-state index < -0.39 is 12.1 Å². The highest BCUT2D eigenvalue weighted by Gasteiger charge is 2.47. The van der Waals surface area contributed by atoms with Gasteiger partial charge in [0, 0.05) is 17.8 Å². The second kappa shape index (κ2) is 7.98. The number of benzene rings is 2. The van der Waals surface area contributed by atoms with Crippen molar-refractivity contribution in [1.29, 1.82) is 0 Å². The van der Waals surface area contributed by atoms with Crippen molar-refractivity contribution < 1.29 is 9.59 Å². The molecule has 6 nitrogen and oxygen atoms in total. The maximum Gasteiger partial charge on any atom is 0.319 e. The number of likely N-dealkylation sites (N-methyl/N-ethyl adjacent to an activating group) is 1. The number of nitrogens with zero attached hydrogens (tertiary/aromatic N) is 2. The third-order valence-electron chi connectivity index (χ3n) is 4.64. The SMILES string of the molecule is CC(C)C1C(NC(=O)Nc2ccc(Cl)cc2)C(=O)N(c2ccccc2)N1C. The van der Waals surface area contributed by atoms with Gasteiger partial charge in [0.05, 0.1) is 11.7 Å². The Hall–Kier alpha value is -2.57. The van der Waals surface area contributed by atoms with E-state index in [1.807, 2.05) is 56.2 Å². The van der Waals surface area contributed by atoms with Crippen LogP contribution in [0.5, 0.6) is 0 Å². The van der Waals surface area contributed by atoms with E-state index in [4.69, 9.17) is 11.6 Å². The maximum absolute atomic E-state index is 13.1. The molecular weight excluding hydrogens is 364 g/mol. The summed E-state index contributed by atoms with van der Waals surface area (Å²) in [6.07, 6.45) is 0. The number of hydrazine groups is 1.